The third kappa shape index (κ3) is 4.62. The van der Waals surface area contributed by atoms with Gasteiger partial charge < -0.3 is 18.9 Å². The fraction of sp³-hybridized carbons (Fsp3) is 0.333. The predicted molar refractivity (Wildman–Crippen MR) is 88.2 cm³/mol. The maximum Gasteiger partial charge on any atom is 0.344 e. The van der Waals surface area contributed by atoms with Gasteiger partial charge in [-0.05, 0) is 26.0 Å². The molecule has 0 N–H and O–H groups in total. The van der Waals surface area contributed by atoms with Gasteiger partial charge in [-0.1, -0.05) is 24.3 Å². The van der Waals surface area contributed by atoms with E-state index in [0.717, 1.165) is 10.8 Å². The number of fused-ring (bicyclic) bond motifs is 1. The summed E-state index contributed by atoms with van der Waals surface area (Å²) in [4.78, 5) is 22.9. The van der Waals surface area contributed by atoms with E-state index in [2.05, 4.69) is 0 Å². The zero-order valence-corrected chi connectivity index (χ0v) is 13.7. The Morgan fingerprint density at radius 1 is 0.750 bits per heavy atom. The van der Waals surface area contributed by atoms with Gasteiger partial charge >= 0.3 is 11.9 Å². The topological polar surface area (TPSA) is 71.1 Å². The summed E-state index contributed by atoms with van der Waals surface area (Å²) in [5.41, 5.74) is 0. The summed E-state index contributed by atoms with van der Waals surface area (Å²) in [6.07, 6.45) is 0. The van der Waals surface area contributed by atoms with E-state index in [1.54, 1.807) is 26.0 Å². The molecule has 0 aliphatic carbocycles. The van der Waals surface area contributed by atoms with Gasteiger partial charge in [0.05, 0.1) is 13.2 Å². The Morgan fingerprint density at radius 3 is 1.54 bits per heavy atom. The first-order valence-corrected chi connectivity index (χ1v) is 7.74. The highest BCUT2D eigenvalue weighted by molar-refractivity contribution is 5.93. The molecule has 24 heavy (non-hydrogen) atoms. The first kappa shape index (κ1) is 17.6. The van der Waals surface area contributed by atoms with Crippen LogP contribution in [0.15, 0.2) is 36.4 Å². The molecule has 0 amide bonds. The average Bonchev–Trinajstić information content (AvgIpc) is 2.59. The molecule has 0 spiro atoms. The molecule has 6 heteroatoms. The molecule has 0 aliphatic heterocycles. The Kier molecular flexibility index (Phi) is 6.42. The third-order valence-corrected chi connectivity index (χ3v) is 3.15. The summed E-state index contributed by atoms with van der Waals surface area (Å²) in [5, 5.41) is 1.56. The van der Waals surface area contributed by atoms with Gasteiger partial charge in [-0.3, -0.25) is 0 Å². The molecule has 2 aromatic rings. The summed E-state index contributed by atoms with van der Waals surface area (Å²) in [5.74, 6) is 0.234. The van der Waals surface area contributed by atoms with E-state index in [0.29, 0.717) is 24.7 Å². The lowest BCUT2D eigenvalue weighted by Crippen LogP contribution is -2.15. The smallest absolute Gasteiger partial charge is 0.344 e. The van der Waals surface area contributed by atoms with Gasteiger partial charge in [-0.15, -0.1) is 0 Å². The van der Waals surface area contributed by atoms with Crippen LogP contribution in [0.3, 0.4) is 0 Å². The van der Waals surface area contributed by atoms with Crippen LogP contribution in [0, 0.1) is 0 Å². The van der Waals surface area contributed by atoms with Crippen molar-refractivity contribution < 1.29 is 28.5 Å². The van der Waals surface area contributed by atoms with Crippen molar-refractivity contribution in [1.29, 1.82) is 0 Å². The van der Waals surface area contributed by atoms with Gasteiger partial charge in [0, 0.05) is 10.8 Å². The van der Waals surface area contributed by atoms with Gasteiger partial charge in [-0.25, -0.2) is 9.59 Å². The highest BCUT2D eigenvalue weighted by atomic mass is 16.6. The quantitative estimate of drug-likeness (QED) is 0.692. The van der Waals surface area contributed by atoms with Gasteiger partial charge in [0.2, 0.25) is 0 Å². The molecule has 0 unspecified atom stereocenters. The number of carbonyl (C=O) groups excluding carboxylic acids is 2. The van der Waals surface area contributed by atoms with E-state index in [1.165, 1.54) is 0 Å². The Hall–Kier alpha value is -2.76. The fourth-order valence-corrected chi connectivity index (χ4v) is 2.17. The largest absolute Gasteiger partial charge is 0.481 e. The minimum Gasteiger partial charge on any atom is -0.481 e. The van der Waals surface area contributed by atoms with Crippen LogP contribution in [-0.2, 0) is 19.1 Å². The number of hydrogen-bond donors (Lipinski definition) is 0. The molecule has 128 valence electrons. The minimum atomic E-state index is -0.427. The Labute approximate surface area is 140 Å². The highest BCUT2D eigenvalue weighted by Gasteiger charge is 2.11. The summed E-state index contributed by atoms with van der Waals surface area (Å²) < 4.78 is 20.8. The summed E-state index contributed by atoms with van der Waals surface area (Å²) >= 11 is 0. The zero-order chi connectivity index (χ0) is 17.4. The maximum absolute atomic E-state index is 11.4. The van der Waals surface area contributed by atoms with Gasteiger partial charge in [-0.2, -0.15) is 0 Å². The van der Waals surface area contributed by atoms with E-state index in [9.17, 15) is 9.59 Å². The molecule has 2 rings (SSSR count). The van der Waals surface area contributed by atoms with E-state index in [4.69, 9.17) is 18.9 Å². The molecular weight excluding hydrogens is 312 g/mol. The van der Waals surface area contributed by atoms with Crippen molar-refractivity contribution in [1.82, 2.24) is 0 Å². The second kappa shape index (κ2) is 8.76. The van der Waals surface area contributed by atoms with Gasteiger partial charge in [0.25, 0.3) is 0 Å². The normalized spacial score (nSPS) is 10.2. The lowest BCUT2D eigenvalue weighted by atomic mass is 10.1. The molecule has 0 radical (unpaired) electrons. The minimum absolute atomic E-state index is 0.166. The van der Waals surface area contributed by atoms with Crippen LogP contribution in [0.2, 0.25) is 0 Å². The van der Waals surface area contributed by atoms with Crippen LogP contribution < -0.4 is 9.47 Å². The molecule has 2 aromatic carbocycles. The number of ether oxygens (including phenoxy) is 4. The van der Waals surface area contributed by atoms with Crippen molar-refractivity contribution in [3.05, 3.63) is 36.4 Å². The van der Waals surface area contributed by atoms with E-state index in [1.807, 2.05) is 24.3 Å². The van der Waals surface area contributed by atoms with Crippen LogP contribution in [0.4, 0.5) is 0 Å². The average molecular weight is 332 g/mol. The summed E-state index contributed by atoms with van der Waals surface area (Å²) in [6, 6.07) is 10.8. The molecule has 0 atom stereocenters. The maximum atomic E-state index is 11.4. The lowest BCUT2D eigenvalue weighted by molar-refractivity contribution is -0.146. The number of carbonyl (C=O) groups is 2. The summed E-state index contributed by atoms with van der Waals surface area (Å²) in [7, 11) is 0. The first-order chi connectivity index (χ1) is 11.7. The molecule has 0 saturated heterocycles. The zero-order valence-electron chi connectivity index (χ0n) is 13.7. The number of rotatable bonds is 8. The van der Waals surface area contributed by atoms with Crippen molar-refractivity contribution in [2.24, 2.45) is 0 Å². The summed E-state index contributed by atoms with van der Waals surface area (Å²) in [6.45, 7) is 3.76. The molecule has 6 nitrogen and oxygen atoms in total. The highest BCUT2D eigenvalue weighted by Crippen LogP contribution is 2.33. The van der Waals surface area contributed by atoms with E-state index in [-0.39, 0.29) is 13.2 Å². The van der Waals surface area contributed by atoms with Crippen molar-refractivity contribution in [2.75, 3.05) is 26.4 Å². The van der Waals surface area contributed by atoms with Crippen molar-refractivity contribution in [2.45, 2.75) is 13.8 Å². The van der Waals surface area contributed by atoms with Gasteiger partial charge in [0.1, 0.15) is 11.5 Å². The number of hydrogen-bond acceptors (Lipinski definition) is 6. The lowest BCUT2D eigenvalue weighted by Gasteiger charge is -2.13. The Balaban J connectivity index is 2.16. The van der Waals surface area contributed by atoms with Crippen LogP contribution in [0.5, 0.6) is 11.5 Å². The van der Waals surface area contributed by atoms with E-state index >= 15 is 0 Å². The Bertz CT molecular complexity index is 649. The van der Waals surface area contributed by atoms with Crippen LogP contribution >= 0.6 is 0 Å². The molecule has 0 bridgehead atoms. The molecule has 0 fully saturated rings. The molecule has 0 saturated carbocycles. The SMILES string of the molecule is CCOC(=O)COc1ccc(OCC(=O)OCC)c2ccccc12. The Morgan fingerprint density at radius 2 is 1.17 bits per heavy atom. The van der Waals surface area contributed by atoms with Crippen molar-refractivity contribution >= 4 is 22.7 Å². The second-order valence-electron chi connectivity index (χ2n) is 4.79. The molecular formula is C18H20O6. The molecule has 0 aromatic heterocycles. The number of esters is 2. The standard InChI is InChI=1S/C18H20O6/c1-3-21-17(19)11-23-15-9-10-16(24-12-18(20)22-4-2)14-8-6-5-7-13(14)15/h5-10H,3-4,11-12H2,1-2H3. The third-order valence-electron chi connectivity index (χ3n) is 3.15. The molecule has 0 aliphatic rings. The van der Waals surface area contributed by atoms with Crippen LogP contribution in [-0.4, -0.2) is 38.4 Å². The first-order valence-electron chi connectivity index (χ1n) is 7.74. The van der Waals surface area contributed by atoms with Crippen LogP contribution in [0.25, 0.3) is 10.8 Å². The second-order valence-corrected chi connectivity index (χ2v) is 4.79. The van der Waals surface area contributed by atoms with E-state index < -0.39 is 11.9 Å². The number of benzene rings is 2. The predicted octanol–water partition coefficient (Wildman–Crippen LogP) is 2.72. The van der Waals surface area contributed by atoms with Gasteiger partial charge in [0.15, 0.2) is 13.2 Å². The monoisotopic (exact) mass is 332 g/mol. The fourth-order valence-electron chi connectivity index (χ4n) is 2.17. The van der Waals surface area contributed by atoms with Crippen molar-refractivity contribution in [3.8, 4) is 11.5 Å². The van der Waals surface area contributed by atoms with Crippen LogP contribution in [0.1, 0.15) is 13.8 Å². The van der Waals surface area contributed by atoms with Crippen molar-refractivity contribution in [3.63, 3.8) is 0 Å². The molecule has 0 heterocycles.